The van der Waals surface area contributed by atoms with Crippen LogP contribution in [-0.4, -0.2) is 29.6 Å². The summed E-state index contributed by atoms with van der Waals surface area (Å²) in [5, 5.41) is 0.945. The first-order chi connectivity index (χ1) is 6.49. The van der Waals surface area contributed by atoms with Gasteiger partial charge in [0.15, 0.2) is 0 Å². The maximum Gasteiger partial charge on any atom is 0.673 e. The molecule has 0 fully saturated rings. The number of nitrogens with zero attached hydrogens (tertiary/aromatic N) is 1. The van der Waals surface area contributed by atoms with E-state index in [1.807, 2.05) is 0 Å². The highest BCUT2D eigenvalue weighted by Gasteiger charge is 2.20. The SMILES string of the molecule is CCN(CC)O[SH](=O)(F)F.F[B-](F)(F)F. The third kappa shape index (κ3) is 24.8. The van der Waals surface area contributed by atoms with Gasteiger partial charge in [-0.15, -0.1) is 4.28 Å². The predicted molar refractivity (Wildman–Crippen MR) is 45.9 cm³/mol. The minimum Gasteiger partial charge on any atom is -0.418 e. The van der Waals surface area contributed by atoms with Crippen molar-refractivity contribution in [1.29, 1.82) is 0 Å². The van der Waals surface area contributed by atoms with Crippen molar-refractivity contribution in [3.8, 4) is 0 Å². The van der Waals surface area contributed by atoms with Gasteiger partial charge in [-0.3, -0.25) is 0 Å². The monoisotopic (exact) mass is 262 g/mol. The van der Waals surface area contributed by atoms with E-state index in [9.17, 15) is 29.2 Å². The first-order valence-corrected chi connectivity index (χ1v) is 5.21. The quantitative estimate of drug-likeness (QED) is 0.277. The molecular weight excluding hydrogens is 251 g/mol. The molecule has 11 heteroatoms. The van der Waals surface area contributed by atoms with Crippen molar-refractivity contribution in [2.45, 2.75) is 13.8 Å². The molecule has 0 atom stereocenters. The van der Waals surface area contributed by atoms with Crippen molar-refractivity contribution in [3.05, 3.63) is 0 Å². The smallest absolute Gasteiger partial charge is 0.418 e. The van der Waals surface area contributed by atoms with Gasteiger partial charge in [-0.1, -0.05) is 21.6 Å². The van der Waals surface area contributed by atoms with Crippen molar-refractivity contribution < 1.29 is 33.5 Å². The second-order valence-corrected chi connectivity index (χ2v) is 3.10. The molecule has 0 aromatic heterocycles. The standard InChI is InChI=1S/C4H11F2NO2S.BF4/c1-3-7(4-2)9-10(5,6)8;2-1(3,4)5/h10H,3-4H2,1-2H3;/q;-1. The van der Waals surface area contributed by atoms with Crippen LogP contribution in [0.25, 0.3) is 0 Å². The first kappa shape index (κ1) is 17.1. The Labute approximate surface area is 84.7 Å². The molecule has 0 aromatic carbocycles. The third-order valence-electron chi connectivity index (χ3n) is 0.916. The molecule has 0 aliphatic heterocycles. The lowest BCUT2D eigenvalue weighted by Gasteiger charge is -2.19. The second kappa shape index (κ2) is 7.07. The lowest BCUT2D eigenvalue weighted by molar-refractivity contribution is -0.0513. The molecule has 15 heavy (non-hydrogen) atoms. The molecule has 0 N–H and O–H groups in total. The number of halogens is 6. The highest BCUT2D eigenvalue weighted by atomic mass is 32.3. The topological polar surface area (TPSA) is 29.5 Å². The van der Waals surface area contributed by atoms with Crippen LogP contribution in [0.1, 0.15) is 13.8 Å². The van der Waals surface area contributed by atoms with Crippen molar-refractivity contribution in [2.75, 3.05) is 13.1 Å². The van der Waals surface area contributed by atoms with Gasteiger partial charge in [0.05, 0.1) is 11.0 Å². The number of hydrogen-bond acceptors (Lipinski definition) is 3. The van der Waals surface area contributed by atoms with Crippen molar-refractivity contribution in [3.63, 3.8) is 0 Å². The van der Waals surface area contributed by atoms with Crippen molar-refractivity contribution in [2.24, 2.45) is 0 Å². The third-order valence-corrected chi connectivity index (χ3v) is 1.34. The molecule has 0 aliphatic carbocycles. The average molecular weight is 262 g/mol. The summed E-state index contributed by atoms with van der Waals surface area (Å²) in [4.78, 5) is 0. The Balaban J connectivity index is 0. The van der Waals surface area contributed by atoms with Gasteiger partial charge in [0.2, 0.25) is 0 Å². The molecule has 3 nitrogen and oxygen atoms in total. The lowest BCUT2D eigenvalue weighted by atomic mass is 10.3. The molecule has 0 aliphatic rings. The zero-order valence-corrected chi connectivity index (χ0v) is 8.86. The molecule has 0 aromatic rings. The van der Waals surface area contributed by atoms with Gasteiger partial charge < -0.3 is 17.3 Å². The van der Waals surface area contributed by atoms with Gasteiger partial charge in [-0.2, -0.15) is 9.27 Å². The van der Waals surface area contributed by atoms with Crippen LogP contribution in [0.5, 0.6) is 0 Å². The highest BCUT2D eigenvalue weighted by molar-refractivity contribution is 7.88. The molecule has 0 saturated carbocycles. The van der Waals surface area contributed by atoms with Crippen molar-refractivity contribution in [1.82, 2.24) is 5.06 Å². The van der Waals surface area contributed by atoms with Crippen LogP contribution >= 0.6 is 0 Å². The van der Waals surface area contributed by atoms with Crippen LogP contribution in [-0.2, 0) is 15.3 Å². The van der Waals surface area contributed by atoms with Crippen LogP contribution in [0.4, 0.5) is 25.0 Å². The van der Waals surface area contributed by atoms with E-state index < -0.39 is 18.2 Å². The van der Waals surface area contributed by atoms with E-state index in [4.69, 9.17) is 0 Å². The fourth-order valence-electron chi connectivity index (χ4n) is 0.474. The molecule has 96 valence electrons. The van der Waals surface area contributed by atoms with Crippen LogP contribution in [0.3, 0.4) is 0 Å². The summed E-state index contributed by atoms with van der Waals surface area (Å²) in [6.07, 6.45) is 0. The predicted octanol–water partition coefficient (Wildman–Crippen LogP) is 2.26. The Kier molecular flexibility index (Phi) is 8.06. The van der Waals surface area contributed by atoms with Crippen LogP contribution in [0.2, 0.25) is 0 Å². The van der Waals surface area contributed by atoms with Gasteiger partial charge in [-0.05, 0) is 0 Å². The minimum absolute atomic E-state index is 0.300. The molecule has 0 bridgehead atoms. The Bertz CT molecular complexity index is 198. The number of hydrogen-bond donors (Lipinski definition) is 1. The summed E-state index contributed by atoms with van der Waals surface area (Å²) >= 11 is 0. The second-order valence-electron chi connectivity index (χ2n) is 2.11. The van der Waals surface area contributed by atoms with Crippen molar-refractivity contribution >= 4 is 18.2 Å². The fourth-order valence-corrected chi connectivity index (χ4v) is 0.973. The Morgan fingerprint density at radius 2 is 1.40 bits per heavy atom. The molecule has 0 heterocycles. The van der Waals surface area contributed by atoms with Gasteiger partial charge in [0.1, 0.15) is 0 Å². The van der Waals surface area contributed by atoms with Crippen LogP contribution in [0.15, 0.2) is 0 Å². The number of hydroxylamine groups is 2. The Morgan fingerprint density at radius 1 is 1.13 bits per heavy atom. The minimum atomic E-state index is -6.00. The summed E-state index contributed by atoms with van der Waals surface area (Å²) in [5.41, 5.74) is 0. The van der Waals surface area contributed by atoms with E-state index in [0.717, 1.165) is 5.06 Å². The molecular formula is C4H11BF6NO2S-. The zero-order chi connectivity index (χ0) is 12.7. The summed E-state index contributed by atoms with van der Waals surface area (Å²) < 4.78 is 75.8. The number of thiol groups is 1. The van der Waals surface area contributed by atoms with Crippen LogP contribution in [0, 0.1) is 0 Å². The lowest BCUT2D eigenvalue weighted by Crippen LogP contribution is -2.26. The van der Waals surface area contributed by atoms with Gasteiger partial charge in [-0.25, -0.2) is 0 Å². The van der Waals surface area contributed by atoms with E-state index in [2.05, 4.69) is 4.28 Å². The summed E-state index contributed by atoms with van der Waals surface area (Å²) in [6.45, 7) is 3.88. The number of rotatable bonds is 4. The normalized spacial score (nSPS) is 13.4. The molecule has 0 saturated heterocycles. The maximum absolute atomic E-state index is 11.6. The maximum atomic E-state index is 11.6. The van der Waals surface area contributed by atoms with Gasteiger partial charge in [0.25, 0.3) is 0 Å². The summed E-state index contributed by atoms with van der Waals surface area (Å²) in [6, 6.07) is 0. The van der Waals surface area contributed by atoms with Gasteiger partial charge in [0, 0.05) is 13.1 Å². The zero-order valence-electron chi connectivity index (χ0n) is 7.97. The Hall–Kier alpha value is -0.285. The fraction of sp³-hybridized carbons (Fsp3) is 1.00. The Morgan fingerprint density at radius 3 is 1.47 bits per heavy atom. The molecule has 0 amide bonds. The van der Waals surface area contributed by atoms with Crippen LogP contribution < -0.4 is 0 Å². The molecule has 0 spiro atoms. The molecule has 0 rings (SSSR count). The summed E-state index contributed by atoms with van der Waals surface area (Å²) in [7, 11) is -11.3. The molecule has 0 radical (unpaired) electrons. The van der Waals surface area contributed by atoms with E-state index in [1.165, 1.54) is 0 Å². The van der Waals surface area contributed by atoms with E-state index >= 15 is 0 Å². The average Bonchev–Trinajstić information content (AvgIpc) is 1.95. The van der Waals surface area contributed by atoms with E-state index in [1.54, 1.807) is 13.8 Å². The molecule has 0 unspecified atom stereocenters. The summed E-state index contributed by atoms with van der Waals surface area (Å²) in [5.74, 6) is 0. The van der Waals surface area contributed by atoms with E-state index in [-0.39, 0.29) is 0 Å². The van der Waals surface area contributed by atoms with Gasteiger partial charge >= 0.3 is 7.25 Å². The largest absolute Gasteiger partial charge is 0.673 e. The van der Waals surface area contributed by atoms with E-state index in [0.29, 0.717) is 13.1 Å². The first-order valence-electron chi connectivity index (χ1n) is 3.81. The highest BCUT2D eigenvalue weighted by Crippen LogP contribution is 2.11.